The molecular weight excluding hydrogens is 271 g/mol. The Kier molecular flexibility index (Phi) is 3.90. The van der Waals surface area contributed by atoms with E-state index >= 15 is 0 Å². The first-order valence-corrected chi connectivity index (χ1v) is 7.49. The minimum atomic E-state index is -0.327. The Morgan fingerprint density at radius 1 is 1.10 bits per heavy atom. The minimum Gasteiger partial charge on any atom is -0.342 e. The molecule has 3 rings (SSSR count). The van der Waals surface area contributed by atoms with Crippen molar-refractivity contribution in [3.63, 3.8) is 0 Å². The second-order valence-electron chi connectivity index (χ2n) is 5.89. The molecule has 5 heteroatoms. The molecule has 2 aliphatic rings. The molecule has 1 aromatic rings. The van der Waals surface area contributed by atoms with Crippen molar-refractivity contribution in [2.24, 2.45) is 11.8 Å². The van der Waals surface area contributed by atoms with E-state index in [2.05, 4.69) is 5.32 Å². The number of hydrogen-bond donors (Lipinski definition) is 1. The van der Waals surface area contributed by atoms with Crippen LogP contribution in [-0.4, -0.2) is 29.8 Å². The molecule has 1 aromatic carbocycles. The molecule has 2 amide bonds. The third kappa shape index (κ3) is 3.40. The van der Waals surface area contributed by atoms with Gasteiger partial charge in [-0.15, -0.1) is 0 Å². The van der Waals surface area contributed by atoms with Crippen LogP contribution in [0.2, 0.25) is 0 Å². The molecule has 1 saturated heterocycles. The number of rotatable bonds is 3. The Labute approximate surface area is 123 Å². The second kappa shape index (κ2) is 5.84. The first-order valence-electron chi connectivity index (χ1n) is 7.49. The molecule has 4 nitrogen and oxygen atoms in total. The largest absolute Gasteiger partial charge is 0.342 e. The molecule has 0 unspecified atom stereocenters. The number of hydrogen-bond acceptors (Lipinski definition) is 2. The number of carbonyl (C=O) groups excluding carboxylic acids is 2. The van der Waals surface area contributed by atoms with Crippen LogP contribution in [0.4, 0.5) is 10.1 Å². The van der Waals surface area contributed by atoms with Crippen LogP contribution in [0, 0.1) is 17.7 Å². The van der Waals surface area contributed by atoms with Crippen LogP contribution in [-0.2, 0) is 9.59 Å². The van der Waals surface area contributed by atoms with Crippen LogP contribution < -0.4 is 5.32 Å². The SMILES string of the molecule is O=C(Nc1ccc(F)cc1)[C@H]1CCCN(C(=O)C2CC2)C1. The molecule has 1 N–H and O–H groups in total. The van der Waals surface area contributed by atoms with Gasteiger partial charge >= 0.3 is 0 Å². The van der Waals surface area contributed by atoms with Gasteiger partial charge in [-0.05, 0) is 49.9 Å². The summed E-state index contributed by atoms with van der Waals surface area (Å²) in [5.41, 5.74) is 0.590. The highest BCUT2D eigenvalue weighted by molar-refractivity contribution is 5.93. The maximum absolute atomic E-state index is 12.8. The van der Waals surface area contributed by atoms with Crippen LogP contribution in [0.3, 0.4) is 0 Å². The van der Waals surface area contributed by atoms with Gasteiger partial charge in [0, 0.05) is 24.7 Å². The van der Waals surface area contributed by atoms with Crippen molar-refractivity contribution in [3.05, 3.63) is 30.1 Å². The van der Waals surface area contributed by atoms with Gasteiger partial charge in [0.15, 0.2) is 0 Å². The summed E-state index contributed by atoms with van der Waals surface area (Å²) in [5.74, 6) is -0.188. The van der Waals surface area contributed by atoms with E-state index in [-0.39, 0.29) is 29.5 Å². The number of amides is 2. The van der Waals surface area contributed by atoms with Crippen LogP contribution >= 0.6 is 0 Å². The lowest BCUT2D eigenvalue weighted by atomic mass is 9.96. The summed E-state index contributed by atoms with van der Waals surface area (Å²) in [7, 11) is 0. The van der Waals surface area contributed by atoms with Gasteiger partial charge in [-0.2, -0.15) is 0 Å². The Hall–Kier alpha value is -1.91. The van der Waals surface area contributed by atoms with E-state index < -0.39 is 0 Å². The molecule has 2 fully saturated rings. The molecule has 0 aromatic heterocycles. The summed E-state index contributed by atoms with van der Waals surface area (Å²) in [5, 5.41) is 2.80. The molecule has 1 aliphatic heterocycles. The molecule has 1 heterocycles. The molecule has 21 heavy (non-hydrogen) atoms. The smallest absolute Gasteiger partial charge is 0.229 e. The number of halogens is 1. The van der Waals surface area contributed by atoms with Gasteiger partial charge in [-0.1, -0.05) is 0 Å². The molecule has 0 spiro atoms. The van der Waals surface area contributed by atoms with Gasteiger partial charge in [0.05, 0.1) is 5.92 Å². The fourth-order valence-electron chi connectivity index (χ4n) is 2.76. The van der Waals surface area contributed by atoms with E-state index in [9.17, 15) is 14.0 Å². The average molecular weight is 290 g/mol. The maximum Gasteiger partial charge on any atom is 0.229 e. The molecule has 0 radical (unpaired) electrons. The lowest BCUT2D eigenvalue weighted by Crippen LogP contribution is -2.44. The molecular formula is C16H19FN2O2. The van der Waals surface area contributed by atoms with E-state index in [1.807, 2.05) is 4.90 Å². The highest BCUT2D eigenvalue weighted by Gasteiger charge is 2.36. The van der Waals surface area contributed by atoms with E-state index in [1.165, 1.54) is 12.1 Å². The van der Waals surface area contributed by atoms with Crippen molar-refractivity contribution >= 4 is 17.5 Å². The van der Waals surface area contributed by atoms with Gasteiger partial charge < -0.3 is 10.2 Å². The molecule has 1 aliphatic carbocycles. The number of nitrogens with one attached hydrogen (secondary N) is 1. The van der Waals surface area contributed by atoms with E-state index in [0.29, 0.717) is 12.2 Å². The van der Waals surface area contributed by atoms with Crippen molar-refractivity contribution in [3.8, 4) is 0 Å². The van der Waals surface area contributed by atoms with Crippen molar-refractivity contribution in [2.75, 3.05) is 18.4 Å². The third-order valence-corrected chi connectivity index (χ3v) is 4.14. The summed E-state index contributed by atoms with van der Waals surface area (Å²) in [6.45, 7) is 1.26. The standard InChI is InChI=1S/C16H19FN2O2/c17-13-5-7-14(8-6-13)18-15(20)12-2-1-9-19(10-12)16(21)11-3-4-11/h5-8,11-12H,1-4,9-10H2,(H,18,20)/t12-/m0/s1. The Morgan fingerprint density at radius 2 is 1.81 bits per heavy atom. The van der Waals surface area contributed by atoms with Crippen molar-refractivity contribution in [2.45, 2.75) is 25.7 Å². The lowest BCUT2D eigenvalue weighted by Gasteiger charge is -2.32. The highest BCUT2D eigenvalue weighted by Crippen LogP contribution is 2.32. The zero-order chi connectivity index (χ0) is 14.8. The number of benzene rings is 1. The van der Waals surface area contributed by atoms with E-state index in [1.54, 1.807) is 12.1 Å². The summed E-state index contributed by atoms with van der Waals surface area (Å²) in [6.07, 6.45) is 3.63. The van der Waals surface area contributed by atoms with Gasteiger partial charge in [0.1, 0.15) is 5.82 Å². The fourth-order valence-corrected chi connectivity index (χ4v) is 2.76. The average Bonchev–Trinajstić information content (AvgIpc) is 3.34. The Balaban J connectivity index is 1.58. The Bertz CT molecular complexity index is 540. The number of piperidine rings is 1. The third-order valence-electron chi connectivity index (χ3n) is 4.14. The number of anilines is 1. The topological polar surface area (TPSA) is 49.4 Å². The lowest BCUT2D eigenvalue weighted by molar-refractivity contribution is -0.135. The van der Waals surface area contributed by atoms with Gasteiger partial charge in [-0.25, -0.2) is 4.39 Å². The highest BCUT2D eigenvalue weighted by atomic mass is 19.1. The number of likely N-dealkylation sites (tertiary alicyclic amines) is 1. The van der Waals surface area contributed by atoms with E-state index in [4.69, 9.17) is 0 Å². The normalized spacial score (nSPS) is 22.0. The zero-order valence-electron chi connectivity index (χ0n) is 11.8. The number of carbonyl (C=O) groups is 2. The first-order chi connectivity index (χ1) is 10.1. The summed E-state index contributed by atoms with van der Waals surface area (Å²) in [6, 6.07) is 5.73. The predicted molar refractivity (Wildman–Crippen MR) is 77.1 cm³/mol. The van der Waals surface area contributed by atoms with Crippen molar-refractivity contribution < 1.29 is 14.0 Å². The quantitative estimate of drug-likeness (QED) is 0.929. The molecule has 1 atom stereocenters. The molecule has 0 bridgehead atoms. The van der Waals surface area contributed by atoms with Crippen molar-refractivity contribution in [1.82, 2.24) is 4.90 Å². The molecule has 1 saturated carbocycles. The summed E-state index contributed by atoms with van der Waals surface area (Å²) in [4.78, 5) is 26.2. The van der Waals surface area contributed by atoms with Crippen LogP contribution in [0.25, 0.3) is 0 Å². The summed E-state index contributed by atoms with van der Waals surface area (Å²) < 4.78 is 12.8. The first kappa shape index (κ1) is 14.0. The van der Waals surface area contributed by atoms with Crippen LogP contribution in [0.5, 0.6) is 0 Å². The summed E-state index contributed by atoms with van der Waals surface area (Å²) >= 11 is 0. The fraction of sp³-hybridized carbons (Fsp3) is 0.500. The van der Waals surface area contributed by atoms with Gasteiger partial charge in [0.2, 0.25) is 11.8 Å². The number of nitrogens with zero attached hydrogens (tertiary/aromatic N) is 1. The van der Waals surface area contributed by atoms with E-state index in [0.717, 1.165) is 32.2 Å². The van der Waals surface area contributed by atoms with Crippen LogP contribution in [0.15, 0.2) is 24.3 Å². The maximum atomic E-state index is 12.8. The van der Waals surface area contributed by atoms with Gasteiger partial charge in [-0.3, -0.25) is 9.59 Å². The van der Waals surface area contributed by atoms with Gasteiger partial charge in [0.25, 0.3) is 0 Å². The van der Waals surface area contributed by atoms with Crippen molar-refractivity contribution in [1.29, 1.82) is 0 Å². The molecule has 112 valence electrons. The monoisotopic (exact) mass is 290 g/mol. The predicted octanol–water partition coefficient (Wildman–Crippen LogP) is 2.41. The Morgan fingerprint density at radius 3 is 2.48 bits per heavy atom. The second-order valence-corrected chi connectivity index (χ2v) is 5.89. The zero-order valence-corrected chi connectivity index (χ0v) is 11.8. The van der Waals surface area contributed by atoms with Crippen LogP contribution in [0.1, 0.15) is 25.7 Å². The minimum absolute atomic E-state index is 0.0881.